The van der Waals surface area contributed by atoms with Crippen LogP contribution in [0.5, 0.6) is 5.75 Å². The molecule has 28 heavy (non-hydrogen) atoms. The quantitative estimate of drug-likeness (QED) is 0.392. The van der Waals surface area contributed by atoms with E-state index in [1.165, 1.54) is 0 Å². The van der Waals surface area contributed by atoms with Gasteiger partial charge in [0.1, 0.15) is 12.4 Å². The van der Waals surface area contributed by atoms with Crippen LogP contribution in [0.15, 0.2) is 84.2 Å². The van der Waals surface area contributed by atoms with Crippen molar-refractivity contribution in [3.63, 3.8) is 0 Å². The van der Waals surface area contributed by atoms with Crippen LogP contribution in [0, 0.1) is 4.77 Å². The smallest absolute Gasteiger partial charge is 0.216 e. The summed E-state index contributed by atoms with van der Waals surface area (Å²) < 4.78 is 7.80. The molecular weight excluding hydrogens is 370 g/mol. The first-order valence-electron chi connectivity index (χ1n) is 8.68. The molecule has 0 amide bonds. The Hall–Kier alpha value is -3.58. The minimum absolute atomic E-state index is 0.415. The lowest BCUT2D eigenvalue weighted by Gasteiger charge is -2.06. The average Bonchev–Trinajstić information content (AvgIpc) is 3.13. The highest BCUT2D eigenvalue weighted by Crippen LogP contribution is 2.16. The Kier molecular flexibility index (Phi) is 5.35. The number of hydrogen-bond acceptors (Lipinski definition) is 5. The molecule has 138 valence electrons. The van der Waals surface area contributed by atoms with Crippen molar-refractivity contribution in [2.45, 2.75) is 6.61 Å². The van der Waals surface area contributed by atoms with Gasteiger partial charge in [-0.1, -0.05) is 30.3 Å². The van der Waals surface area contributed by atoms with Gasteiger partial charge in [0.2, 0.25) is 4.77 Å². The van der Waals surface area contributed by atoms with Crippen molar-refractivity contribution < 1.29 is 4.74 Å². The van der Waals surface area contributed by atoms with Crippen molar-refractivity contribution in [1.29, 1.82) is 0 Å². The second-order valence-electron chi connectivity index (χ2n) is 5.99. The van der Waals surface area contributed by atoms with Crippen molar-refractivity contribution in [3.05, 3.63) is 95.0 Å². The minimum Gasteiger partial charge on any atom is -0.489 e. The summed E-state index contributed by atoms with van der Waals surface area (Å²) in [4.78, 5) is 4.11. The van der Waals surface area contributed by atoms with E-state index in [0.29, 0.717) is 17.2 Å². The summed E-state index contributed by atoms with van der Waals surface area (Å²) in [6.45, 7) is 0.535. The van der Waals surface area contributed by atoms with Gasteiger partial charge < -0.3 is 4.74 Å². The van der Waals surface area contributed by atoms with Gasteiger partial charge >= 0.3 is 0 Å². The van der Waals surface area contributed by atoms with Crippen molar-refractivity contribution in [3.8, 4) is 17.1 Å². The van der Waals surface area contributed by atoms with Gasteiger partial charge in [0, 0.05) is 18.0 Å². The lowest BCUT2D eigenvalue weighted by Crippen LogP contribution is -1.96. The lowest BCUT2D eigenvalue weighted by atomic mass is 10.2. The molecule has 0 aliphatic heterocycles. The predicted molar refractivity (Wildman–Crippen MR) is 111 cm³/mol. The van der Waals surface area contributed by atoms with Gasteiger partial charge in [0.25, 0.3) is 0 Å². The molecule has 7 heteroatoms. The molecular formula is C21H17N5OS. The molecule has 0 radical (unpaired) electrons. The zero-order valence-corrected chi connectivity index (χ0v) is 15.7. The number of aromatic amines is 1. The third kappa shape index (κ3) is 4.21. The molecule has 2 aromatic carbocycles. The predicted octanol–water partition coefficient (Wildman–Crippen LogP) is 4.46. The zero-order valence-electron chi connectivity index (χ0n) is 14.9. The Morgan fingerprint density at radius 2 is 1.86 bits per heavy atom. The number of hydrogen-bond donors (Lipinski definition) is 1. The van der Waals surface area contributed by atoms with Crippen LogP contribution in [0.2, 0.25) is 0 Å². The number of nitrogens with one attached hydrogen (secondary N) is 1. The standard InChI is InChI=1S/C21H17N5OS/c28-21-25-24-20(18-7-4-12-22-14-18)26(21)23-13-16-8-10-19(11-9-16)27-15-17-5-2-1-3-6-17/h1-14H,15H2,(H,25,28)/b23-13+. The van der Waals surface area contributed by atoms with E-state index in [4.69, 9.17) is 17.0 Å². The maximum atomic E-state index is 5.81. The second kappa shape index (κ2) is 8.41. The molecule has 0 spiro atoms. The van der Waals surface area contributed by atoms with Gasteiger partial charge in [0.05, 0.1) is 6.21 Å². The molecule has 2 aromatic heterocycles. The first kappa shape index (κ1) is 17.8. The number of nitrogens with zero attached hydrogens (tertiary/aromatic N) is 4. The molecule has 0 saturated carbocycles. The summed E-state index contributed by atoms with van der Waals surface area (Å²) in [5.41, 5.74) is 2.88. The first-order chi connectivity index (χ1) is 13.8. The van der Waals surface area contributed by atoms with Crippen molar-refractivity contribution in [2.75, 3.05) is 0 Å². The normalized spacial score (nSPS) is 11.0. The third-order valence-electron chi connectivity index (χ3n) is 4.02. The monoisotopic (exact) mass is 387 g/mol. The van der Waals surface area contributed by atoms with Gasteiger partial charge in [-0.25, -0.2) is 5.10 Å². The van der Waals surface area contributed by atoms with E-state index in [1.807, 2.05) is 66.7 Å². The highest BCUT2D eigenvalue weighted by Gasteiger charge is 2.07. The summed E-state index contributed by atoms with van der Waals surface area (Å²) in [5.74, 6) is 1.41. The van der Waals surface area contributed by atoms with Gasteiger partial charge in [0.15, 0.2) is 5.82 Å². The summed E-state index contributed by atoms with van der Waals surface area (Å²) in [7, 11) is 0. The molecule has 0 atom stereocenters. The summed E-state index contributed by atoms with van der Waals surface area (Å²) in [5, 5.41) is 11.5. The number of rotatable bonds is 6. The van der Waals surface area contributed by atoms with E-state index in [9.17, 15) is 0 Å². The Bertz CT molecular complexity index is 1120. The Morgan fingerprint density at radius 1 is 1.04 bits per heavy atom. The van der Waals surface area contributed by atoms with Crippen molar-refractivity contribution in [2.24, 2.45) is 5.10 Å². The second-order valence-corrected chi connectivity index (χ2v) is 6.38. The number of ether oxygens (including phenoxy) is 1. The van der Waals surface area contributed by atoms with E-state index in [2.05, 4.69) is 20.3 Å². The van der Waals surface area contributed by atoms with Gasteiger partial charge in [-0.05, 0) is 59.7 Å². The fourth-order valence-electron chi connectivity index (χ4n) is 2.60. The Morgan fingerprint density at radius 3 is 2.61 bits per heavy atom. The van der Waals surface area contributed by atoms with Crippen LogP contribution < -0.4 is 4.74 Å². The van der Waals surface area contributed by atoms with Crippen LogP contribution in [0.25, 0.3) is 11.4 Å². The van der Waals surface area contributed by atoms with E-state index < -0.39 is 0 Å². The van der Waals surface area contributed by atoms with Crippen LogP contribution in [0.3, 0.4) is 0 Å². The number of pyridine rings is 1. The molecule has 0 aliphatic carbocycles. The molecule has 0 saturated heterocycles. The third-order valence-corrected chi connectivity index (χ3v) is 4.29. The van der Waals surface area contributed by atoms with Gasteiger partial charge in [-0.15, -0.1) is 0 Å². The molecule has 6 nitrogen and oxygen atoms in total. The number of benzene rings is 2. The van der Waals surface area contributed by atoms with E-state index in [0.717, 1.165) is 22.4 Å². The lowest BCUT2D eigenvalue weighted by molar-refractivity contribution is 0.306. The highest BCUT2D eigenvalue weighted by atomic mass is 32.1. The van der Waals surface area contributed by atoms with Crippen molar-refractivity contribution in [1.82, 2.24) is 19.9 Å². The van der Waals surface area contributed by atoms with E-state index in [-0.39, 0.29) is 0 Å². The zero-order chi connectivity index (χ0) is 19.2. The van der Waals surface area contributed by atoms with Crippen LogP contribution in [-0.4, -0.2) is 26.1 Å². The van der Waals surface area contributed by atoms with E-state index in [1.54, 1.807) is 23.3 Å². The maximum Gasteiger partial charge on any atom is 0.216 e. The SMILES string of the molecule is S=c1[nH]nc(-c2cccnc2)n1/N=C/c1ccc(OCc2ccccc2)cc1. The first-order valence-corrected chi connectivity index (χ1v) is 9.09. The summed E-state index contributed by atoms with van der Waals surface area (Å²) >= 11 is 5.28. The topological polar surface area (TPSA) is 68.1 Å². The fourth-order valence-corrected chi connectivity index (χ4v) is 2.78. The summed E-state index contributed by atoms with van der Waals surface area (Å²) in [6.07, 6.45) is 5.15. The van der Waals surface area contributed by atoms with Crippen molar-refractivity contribution >= 4 is 18.4 Å². The van der Waals surface area contributed by atoms with Crippen LogP contribution in [-0.2, 0) is 6.61 Å². The molecule has 2 heterocycles. The minimum atomic E-state index is 0.415. The molecule has 1 N–H and O–H groups in total. The van der Waals surface area contributed by atoms with Crippen LogP contribution >= 0.6 is 12.2 Å². The van der Waals surface area contributed by atoms with Crippen LogP contribution in [0.1, 0.15) is 11.1 Å². The number of H-pyrrole nitrogens is 1. The summed E-state index contributed by atoms with van der Waals surface area (Å²) in [6, 6.07) is 21.5. The molecule has 0 aliphatic rings. The molecule has 4 rings (SSSR count). The van der Waals surface area contributed by atoms with Crippen LogP contribution in [0.4, 0.5) is 0 Å². The average molecular weight is 387 g/mol. The number of aromatic nitrogens is 4. The fraction of sp³-hybridized carbons (Fsp3) is 0.0476. The van der Waals surface area contributed by atoms with Gasteiger partial charge in [-0.3, -0.25) is 4.98 Å². The molecule has 0 unspecified atom stereocenters. The molecule has 4 aromatic rings. The molecule has 0 fully saturated rings. The molecule has 0 bridgehead atoms. The maximum absolute atomic E-state index is 5.81. The largest absolute Gasteiger partial charge is 0.489 e. The van der Waals surface area contributed by atoms with Gasteiger partial charge in [-0.2, -0.15) is 14.9 Å². The Balaban J connectivity index is 1.47. The Labute approximate surface area is 167 Å². The highest BCUT2D eigenvalue weighted by molar-refractivity contribution is 7.71. The van der Waals surface area contributed by atoms with E-state index >= 15 is 0 Å².